The molecular formula is C24H20F2N4O3. The van der Waals surface area contributed by atoms with Gasteiger partial charge in [-0.25, -0.2) is 8.78 Å². The van der Waals surface area contributed by atoms with Gasteiger partial charge in [0, 0.05) is 23.3 Å². The molecule has 0 amide bonds. The summed E-state index contributed by atoms with van der Waals surface area (Å²) in [6, 6.07) is 9.21. The van der Waals surface area contributed by atoms with Crippen LogP contribution in [0, 0.1) is 11.6 Å². The zero-order valence-electron chi connectivity index (χ0n) is 17.4. The van der Waals surface area contributed by atoms with Crippen molar-refractivity contribution in [2.75, 3.05) is 13.2 Å². The van der Waals surface area contributed by atoms with Gasteiger partial charge in [-0.15, -0.1) is 0 Å². The molecule has 0 aliphatic carbocycles. The fourth-order valence-electron chi connectivity index (χ4n) is 5.37. The van der Waals surface area contributed by atoms with E-state index in [1.807, 2.05) is 0 Å². The van der Waals surface area contributed by atoms with Crippen LogP contribution >= 0.6 is 0 Å². The molecule has 0 saturated carbocycles. The Balaban J connectivity index is 1.32. The highest BCUT2D eigenvalue weighted by atomic mass is 19.1. The van der Waals surface area contributed by atoms with Gasteiger partial charge in [0.15, 0.2) is 0 Å². The van der Waals surface area contributed by atoms with Gasteiger partial charge in [0.2, 0.25) is 0 Å². The molecule has 0 fully saturated rings. The highest BCUT2D eigenvalue weighted by molar-refractivity contribution is 5.85. The van der Waals surface area contributed by atoms with Gasteiger partial charge in [0.1, 0.15) is 11.6 Å². The summed E-state index contributed by atoms with van der Waals surface area (Å²) in [5, 5.41) is 1.43. The van der Waals surface area contributed by atoms with Gasteiger partial charge in [-0.3, -0.25) is 9.59 Å². The van der Waals surface area contributed by atoms with Crippen LogP contribution < -0.4 is 22.6 Å². The van der Waals surface area contributed by atoms with Crippen molar-refractivity contribution in [3.05, 3.63) is 92.0 Å². The Hall–Kier alpha value is -3.40. The lowest BCUT2D eigenvalue weighted by atomic mass is 10.0. The van der Waals surface area contributed by atoms with Gasteiger partial charge >= 0.3 is 0 Å². The van der Waals surface area contributed by atoms with Gasteiger partial charge < -0.3 is 25.3 Å². The third kappa shape index (κ3) is 2.70. The van der Waals surface area contributed by atoms with E-state index >= 15 is 0 Å². The number of nitrogens with two attached hydrogens (primary N) is 2. The van der Waals surface area contributed by atoms with E-state index in [0.717, 1.165) is 0 Å². The molecule has 2 aromatic carbocycles. The van der Waals surface area contributed by atoms with Crippen molar-refractivity contribution in [2.24, 2.45) is 11.5 Å². The van der Waals surface area contributed by atoms with E-state index in [9.17, 15) is 18.4 Å². The number of aromatic nitrogens is 2. The minimum atomic E-state index is -0.776. The molecule has 33 heavy (non-hydrogen) atoms. The fourth-order valence-corrected chi connectivity index (χ4v) is 5.37. The van der Waals surface area contributed by atoms with Crippen molar-refractivity contribution >= 4 is 21.8 Å². The summed E-state index contributed by atoms with van der Waals surface area (Å²) in [6.45, 7) is 0.00214. The number of benzene rings is 2. The van der Waals surface area contributed by atoms with Gasteiger partial charge in [-0.2, -0.15) is 0 Å². The number of halogens is 2. The summed E-state index contributed by atoms with van der Waals surface area (Å²) in [7, 11) is 0. The lowest BCUT2D eigenvalue weighted by Gasteiger charge is -2.23. The molecule has 0 spiro atoms. The van der Waals surface area contributed by atoms with Crippen LogP contribution in [0.25, 0.3) is 21.8 Å². The predicted molar refractivity (Wildman–Crippen MR) is 119 cm³/mol. The molecule has 2 aliphatic rings. The summed E-state index contributed by atoms with van der Waals surface area (Å²) >= 11 is 0. The van der Waals surface area contributed by atoms with Crippen molar-refractivity contribution < 1.29 is 13.5 Å². The Morgan fingerprint density at radius 2 is 1.09 bits per heavy atom. The standard InChI is InChI=1S/C24H20F2N4O3/c25-13-5-1-11-3-7-17(31)29-15(21(27)19(13)23(11)29)9-33-10-16-22(28)20-14(26)6-2-12-4-8-18(32)30(16)24(12)20/h1-8,15-16,21-22H,9-10,27-28H2. The summed E-state index contributed by atoms with van der Waals surface area (Å²) in [4.78, 5) is 25.2. The summed E-state index contributed by atoms with van der Waals surface area (Å²) < 4.78 is 38.0. The van der Waals surface area contributed by atoms with E-state index in [-0.39, 0.29) is 35.5 Å². The quantitative estimate of drug-likeness (QED) is 0.497. The van der Waals surface area contributed by atoms with Crippen LogP contribution in [0.15, 0.2) is 58.1 Å². The van der Waals surface area contributed by atoms with Crippen LogP contribution in [0.4, 0.5) is 8.78 Å². The Morgan fingerprint density at radius 1 is 0.697 bits per heavy atom. The highest BCUT2D eigenvalue weighted by Crippen LogP contribution is 2.41. The van der Waals surface area contributed by atoms with Crippen molar-refractivity contribution in [1.29, 1.82) is 0 Å². The van der Waals surface area contributed by atoms with E-state index in [0.29, 0.717) is 21.8 Å². The molecular weight excluding hydrogens is 430 g/mol. The number of hydrogen-bond acceptors (Lipinski definition) is 5. The van der Waals surface area contributed by atoms with Crippen LogP contribution in [0.5, 0.6) is 0 Å². The Morgan fingerprint density at radius 3 is 1.52 bits per heavy atom. The van der Waals surface area contributed by atoms with Crippen LogP contribution in [0.2, 0.25) is 0 Å². The minimum Gasteiger partial charge on any atom is -0.377 e. The summed E-state index contributed by atoms with van der Waals surface area (Å²) in [5.41, 5.74) is 13.6. The highest BCUT2D eigenvalue weighted by Gasteiger charge is 2.38. The third-order valence-electron chi connectivity index (χ3n) is 6.89. The third-order valence-corrected chi connectivity index (χ3v) is 6.89. The molecule has 9 heteroatoms. The van der Waals surface area contributed by atoms with E-state index in [1.54, 1.807) is 24.3 Å². The molecule has 0 bridgehead atoms. The van der Waals surface area contributed by atoms with Crippen LogP contribution in [0.1, 0.15) is 35.3 Å². The molecule has 7 nitrogen and oxygen atoms in total. The van der Waals surface area contributed by atoms with Crippen molar-refractivity contribution in [1.82, 2.24) is 9.13 Å². The second-order valence-electron chi connectivity index (χ2n) is 8.60. The first kappa shape index (κ1) is 20.2. The van der Waals surface area contributed by atoms with Crippen LogP contribution in [0.3, 0.4) is 0 Å². The number of hydrogen-bond donors (Lipinski definition) is 2. The monoisotopic (exact) mass is 450 g/mol. The molecule has 0 radical (unpaired) electrons. The minimum absolute atomic E-state index is 0.00107. The summed E-state index contributed by atoms with van der Waals surface area (Å²) in [5.74, 6) is -0.947. The second kappa shape index (κ2) is 7.05. The van der Waals surface area contributed by atoms with Crippen LogP contribution in [-0.2, 0) is 4.74 Å². The first-order valence-electron chi connectivity index (χ1n) is 10.6. The second-order valence-corrected chi connectivity index (χ2v) is 8.60. The number of ether oxygens (including phenoxy) is 1. The number of nitrogens with zero attached hydrogens (tertiary/aromatic N) is 2. The van der Waals surface area contributed by atoms with Crippen LogP contribution in [-0.4, -0.2) is 22.3 Å². The molecule has 4 aromatic rings. The Bertz CT molecular complexity index is 1460. The molecule has 0 saturated heterocycles. The van der Waals surface area contributed by atoms with Gasteiger partial charge in [-0.1, -0.05) is 0 Å². The number of rotatable bonds is 4. The van der Waals surface area contributed by atoms with Crippen molar-refractivity contribution in [3.8, 4) is 0 Å². The maximum atomic E-state index is 14.6. The maximum Gasteiger partial charge on any atom is 0.251 e. The SMILES string of the molecule is NC1c2c(F)ccc3ccc(=O)n(c23)C1COCC1C(N)c2c(F)ccc3ccc(=O)n1c23. The van der Waals surface area contributed by atoms with Gasteiger partial charge in [0.05, 0.1) is 48.4 Å². The maximum absolute atomic E-state index is 14.6. The molecule has 4 unspecified atom stereocenters. The average molecular weight is 450 g/mol. The van der Waals surface area contributed by atoms with Crippen molar-refractivity contribution in [3.63, 3.8) is 0 Å². The molecule has 168 valence electrons. The lowest BCUT2D eigenvalue weighted by molar-refractivity contribution is 0.0679. The molecule has 4 atom stereocenters. The Kier molecular flexibility index (Phi) is 4.32. The van der Waals surface area contributed by atoms with E-state index in [4.69, 9.17) is 16.2 Å². The number of pyridine rings is 2. The van der Waals surface area contributed by atoms with E-state index in [1.165, 1.54) is 33.4 Å². The first-order valence-corrected chi connectivity index (χ1v) is 10.6. The van der Waals surface area contributed by atoms with Gasteiger partial charge in [0.25, 0.3) is 11.1 Å². The normalized spacial score (nSPS) is 23.2. The van der Waals surface area contributed by atoms with Gasteiger partial charge in [-0.05, 0) is 47.2 Å². The molecule has 4 heterocycles. The lowest BCUT2D eigenvalue weighted by Crippen LogP contribution is -2.33. The van der Waals surface area contributed by atoms with E-state index < -0.39 is 35.8 Å². The smallest absolute Gasteiger partial charge is 0.251 e. The van der Waals surface area contributed by atoms with E-state index in [2.05, 4.69) is 0 Å². The topological polar surface area (TPSA) is 105 Å². The zero-order chi connectivity index (χ0) is 23.0. The first-order chi connectivity index (χ1) is 15.9. The largest absolute Gasteiger partial charge is 0.377 e. The summed E-state index contributed by atoms with van der Waals surface area (Å²) in [6.07, 6.45) is 0. The molecule has 2 aromatic heterocycles. The fraction of sp³-hybridized carbons (Fsp3) is 0.250. The van der Waals surface area contributed by atoms with Crippen molar-refractivity contribution in [2.45, 2.75) is 24.2 Å². The molecule has 4 N–H and O–H groups in total. The average Bonchev–Trinajstić information content (AvgIpc) is 3.26. The Labute approximate surface area is 185 Å². The predicted octanol–water partition coefficient (Wildman–Crippen LogP) is 2.42. The molecule has 2 aliphatic heterocycles. The molecule has 6 rings (SSSR count). The zero-order valence-corrected chi connectivity index (χ0v) is 17.4.